The highest BCUT2D eigenvalue weighted by atomic mass is 35.5. The largest absolute Gasteiger partial charge is 0.359 e. The number of nitrogens with zero attached hydrogens (tertiary/aromatic N) is 1. The lowest BCUT2D eigenvalue weighted by atomic mass is 10.0. The van der Waals surface area contributed by atoms with Crippen LogP contribution in [0.25, 0.3) is 10.8 Å². The second-order valence-corrected chi connectivity index (χ2v) is 8.05. The maximum atomic E-state index is 12.9. The van der Waals surface area contributed by atoms with Gasteiger partial charge in [0.1, 0.15) is 0 Å². The molecule has 1 fully saturated rings. The van der Waals surface area contributed by atoms with Crippen LogP contribution in [-0.2, 0) is 11.2 Å². The quantitative estimate of drug-likeness (QED) is 0.678. The third-order valence-corrected chi connectivity index (χ3v) is 6.01. The third-order valence-electron chi connectivity index (χ3n) is 5.77. The van der Waals surface area contributed by atoms with Gasteiger partial charge in [-0.3, -0.25) is 4.79 Å². The molecule has 0 radical (unpaired) electrons. The molecule has 0 unspecified atom stereocenters. The van der Waals surface area contributed by atoms with Crippen LogP contribution in [0, 0.1) is 0 Å². The molecule has 4 nitrogen and oxygen atoms in total. The van der Waals surface area contributed by atoms with Crippen LogP contribution in [0.5, 0.6) is 0 Å². The predicted octanol–water partition coefficient (Wildman–Crippen LogP) is 3.40. The third kappa shape index (κ3) is 4.55. The zero-order valence-corrected chi connectivity index (χ0v) is 17.5. The Labute approximate surface area is 177 Å². The van der Waals surface area contributed by atoms with Crippen LogP contribution in [0.4, 0.5) is 11.4 Å². The van der Waals surface area contributed by atoms with Crippen molar-refractivity contribution in [2.24, 2.45) is 0 Å². The lowest BCUT2D eigenvalue weighted by molar-refractivity contribution is -0.898. The zero-order chi connectivity index (χ0) is 20.2. The van der Waals surface area contributed by atoms with Gasteiger partial charge >= 0.3 is 0 Å². The molecule has 0 atom stereocenters. The number of carbonyl (C=O) groups is 1. The van der Waals surface area contributed by atoms with Gasteiger partial charge in [0.2, 0.25) is 5.91 Å². The van der Waals surface area contributed by atoms with Crippen molar-refractivity contribution in [3.8, 4) is 0 Å². The number of nitrogens with one attached hydrogen (secondary N) is 2. The first kappa shape index (κ1) is 19.7. The number of amides is 1. The van der Waals surface area contributed by atoms with Crippen molar-refractivity contribution in [2.45, 2.75) is 13.3 Å². The number of fused-ring (bicyclic) bond motifs is 1. The smallest absolute Gasteiger partial charge is 0.228 e. The SMILES string of the molecule is CC[NH+]1CCN(c2ccc(Cl)cc2NC(=O)Cc2cccc3ccccc23)CC1. The first-order valence-electron chi connectivity index (χ1n) is 10.3. The highest BCUT2D eigenvalue weighted by Gasteiger charge is 2.21. The van der Waals surface area contributed by atoms with E-state index in [0.717, 1.165) is 60.4 Å². The summed E-state index contributed by atoms with van der Waals surface area (Å²) in [5, 5.41) is 6.02. The molecule has 0 saturated carbocycles. The van der Waals surface area contributed by atoms with E-state index < -0.39 is 0 Å². The average molecular weight is 409 g/mol. The van der Waals surface area contributed by atoms with Crippen molar-refractivity contribution >= 4 is 39.7 Å². The normalized spacial score (nSPS) is 14.9. The number of rotatable bonds is 5. The van der Waals surface area contributed by atoms with E-state index in [-0.39, 0.29) is 5.91 Å². The second-order valence-electron chi connectivity index (χ2n) is 7.62. The van der Waals surface area contributed by atoms with Crippen LogP contribution in [0.1, 0.15) is 12.5 Å². The van der Waals surface area contributed by atoms with Crippen molar-refractivity contribution < 1.29 is 9.69 Å². The maximum Gasteiger partial charge on any atom is 0.228 e. The molecule has 0 aliphatic carbocycles. The first-order chi connectivity index (χ1) is 14.1. The molecule has 3 aromatic carbocycles. The number of benzene rings is 3. The molecule has 4 rings (SSSR count). The van der Waals surface area contributed by atoms with Gasteiger partial charge in [-0.25, -0.2) is 0 Å². The zero-order valence-electron chi connectivity index (χ0n) is 16.7. The van der Waals surface area contributed by atoms with Gasteiger partial charge in [0, 0.05) is 5.02 Å². The van der Waals surface area contributed by atoms with Gasteiger partial charge in [-0.2, -0.15) is 0 Å². The molecule has 29 heavy (non-hydrogen) atoms. The number of anilines is 2. The molecule has 0 spiro atoms. The Balaban J connectivity index is 1.53. The Hall–Kier alpha value is -2.56. The number of hydrogen-bond donors (Lipinski definition) is 2. The summed E-state index contributed by atoms with van der Waals surface area (Å²) < 4.78 is 0. The van der Waals surface area contributed by atoms with Gasteiger partial charge in [-0.05, 0) is 41.5 Å². The van der Waals surface area contributed by atoms with Crippen LogP contribution in [0.3, 0.4) is 0 Å². The van der Waals surface area contributed by atoms with Crippen LogP contribution < -0.4 is 15.1 Å². The molecule has 150 valence electrons. The van der Waals surface area contributed by atoms with E-state index in [1.54, 1.807) is 4.90 Å². The summed E-state index contributed by atoms with van der Waals surface area (Å²) in [6, 6.07) is 20.0. The molecule has 1 saturated heterocycles. The second kappa shape index (κ2) is 8.85. The Bertz CT molecular complexity index is 1010. The van der Waals surface area contributed by atoms with Gasteiger partial charge in [0.05, 0.1) is 50.5 Å². The molecule has 1 aliphatic heterocycles. The highest BCUT2D eigenvalue weighted by molar-refractivity contribution is 6.31. The van der Waals surface area contributed by atoms with Gasteiger partial charge in [0.25, 0.3) is 0 Å². The summed E-state index contributed by atoms with van der Waals surface area (Å²) in [7, 11) is 0. The van der Waals surface area contributed by atoms with Crippen LogP contribution in [-0.4, -0.2) is 38.6 Å². The summed E-state index contributed by atoms with van der Waals surface area (Å²) in [4.78, 5) is 16.9. The van der Waals surface area contributed by atoms with Crippen LogP contribution in [0.2, 0.25) is 5.02 Å². The molecular weight excluding hydrogens is 382 g/mol. The standard InChI is InChI=1S/C24H26ClN3O/c1-2-27-12-14-28(15-13-27)23-11-10-20(25)17-22(23)26-24(29)16-19-8-5-7-18-6-3-4-9-21(18)19/h3-11,17H,2,12-16H2,1H3,(H,26,29)/p+1. The topological polar surface area (TPSA) is 36.8 Å². The molecule has 2 N–H and O–H groups in total. The first-order valence-corrected chi connectivity index (χ1v) is 10.7. The lowest BCUT2D eigenvalue weighted by Gasteiger charge is -2.34. The summed E-state index contributed by atoms with van der Waals surface area (Å²) in [5.41, 5.74) is 2.88. The van der Waals surface area contributed by atoms with E-state index in [9.17, 15) is 4.79 Å². The number of carbonyl (C=O) groups excluding carboxylic acids is 1. The number of piperazine rings is 1. The molecule has 1 heterocycles. The molecule has 0 aromatic heterocycles. The van der Waals surface area contributed by atoms with Crippen LogP contribution >= 0.6 is 11.6 Å². The highest BCUT2D eigenvalue weighted by Crippen LogP contribution is 2.30. The van der Waals surface area contributed by atoms with Crippen molar-refractivity contribution in [2.75, 3.05) is 42.9 Å². The van der Waals surface area contributed by atoms with Crippen LogP contribution in [0.15, 0.2) is 60.7 Å². The van der Waals surface area contributed by atoms with E-state index in [2.05, 4.69) is 35.3 Å². The van der Waals surface area contributed by atoms with Gasteiger partial charge in [-0.15, -0.1) is 0 Å². The summed E-state index contributed by atoms with van der Waals surface area (Å²) in [6.45, 7) is 7.58. The van der Waals surface area contributed by atoms with Gasteiger partial charge in [-0.1, -0.05) is 54.1 Å². The van der Waals surface area contributed by atoms with Crippen molar-refractivity contribution in [3.05, 3.63) is 71.2 Å². The van der Waals surface area contributed by atoms with E-state index in [0.29, 0.717) is 11.4 Å². The minimum Gasteiger partial charge on any atom is -0.359 e. The maximum absolute atomic E-state index is 12.9. The Morgan fingerprint density at radius 1 is 1.07 bits per heavy atom. The Morgan fingerprint density at radius 3 is 2.62 bits per heavy atom. The molecule has 1 aliphatic rings. The lowest BCUT2D eigenvalue weighted by Crippen LogP contribution is -3.14. The summed E-state index contributed by atoms with van der Waals surface area (Å²) >= 11 is 6.25. The van der Waals surface area contributed by atoms with E-state index in [4.69, 9.17) is 11.6 Å². The van der Waals surface area contributed by atoms with E-state index >= 15 is 0 Å². The number of halogens is 1. The number of likely N-dealkylation sites (N-methyl/N-ethyl adjacent to an activating group) is 1. The van der Waals surface area contributed by atoms with Crippen molar-refractivity contribution in [1.82, 2.24) is 0 Å². The van der Waals surface area contributed by atoms with Crippen molar-refractivity contribution in [1.29, 1.82) is 0 Å². The minimum absolute atomic E-state index is 0.0253. The molecule has 1 amide bonds. The Morgan fingerprint density at radius 2 is 1.83 bits per heavy atom. The molecule has 5 heteroatoms. The number of quaternary nitrogens is 1. The predicted molar refractivity (Wildman–Crippen MR) is 121 cm³/mol. The van der Waals surface area contributed by atoms with E-state index in [1.807, 2.05) is 42.5 Å². The summed E-state index contributed by atoms with van der Waals surface area (Å²) in [5.74, 6) is -0.0253. The van der Waals surface area contributed by atoms with Gasteiger partial charge in [0.15, 0.2) is 0 Å². The van der Waals surface area contributed by atoms with E-state index in [1.165, 1.54) is 0 Å². The fourth-order valence-electron chi connectivity index (χ4n) is 4.12. The molecular formula is C24H27ClN3O+. The monoisotopic (exact) mass is 408 g/mol. The average Bonchev–Trinajstić information content (AvgIpc) is 2.74. The summed E-state index contributed by atoms with van der Waals surface area (Å²) in [6.07, 6.45) is 0.334. The number of hydrogen-bond acceptors (Lipinski definition) is 2. The van der Waals surface area contributed by atoms with Gasteiger partial charge < -0.3 is 15.1 Å². The Kier molecular flexibility index (Phi) is 6.02. The minimum atomic E-state index is -0.0253. The fourth-order valence-corrected chi connectivity index (χ4v) is 4.29. The van der Waals surface area contributed by atoms with Crippen molar-refractivity contribution in [3.63, 3.8) is 0 Å². The molecule has 0 bridgehead atoms. The molecule has 3 aromatic rings. The fraction of sp³-hybridized carbons (Fsp3) is 0.292.